The monoisotopic (exact) mass is 262 g/mol. The highest BCUT2D eigenvalue weighted by Gasteiger charge is 2.34. The van der Waals surface area contributed by atoms with Crippen LogP contribution in [0, 0.1) is 0 Å². The van der Waals surface area contributed by atoms with Crippen molar-refractivity contribution in [3.63, 3.8) is 0 Å². The molecule has 0 aromatic rings. The summed E-state index contributed by atoms with van der Waals surface area (Å²) in [7, 11) is 0. The zero-order chi connectivity index (χ0) is 11.5. The van der Waals surface area contributed by atoms with Crippen LogP contribution in [0.1, 0.15) is 6.42 Å². The van der Waals surface area contributed by atoms with E-state index in [4.69, 9.17) is 10.5 Å². The van der Waals surface area contributed by atoms with E-state index in [-0.39, 0.29) is 44.8 Å². The molecule has 16 heavy (non-hydrogen) atoms. The Balaban J connectivity index is 0.00000225. The molecule has 8 heteroatoms. The minimum Gasteiger partial charge on any atom is -0.373 e. The number of hydrogen-bond acceptors (Lipinski definition) is 3. The number of rotatable bonds is 2. The van der Waals surface area contributed by atoms with Crippen molar-refractivity contribution < 1.29 is 22.7 Å². The normalized spacial score (nSPS) is 21.5. The van der Waals surface area contributed by atoms with Gasteiger partial charge in [0.25, 0.3) is 0 Å². The minimum atomic E-state index is -4.45. The standard InChI is InChI=1S/C8H13F3N2O2.ClH/c9-8(10,11)3-7(14)13-1-2-15-6(4-12)5-13;/h6H,1-5,12H2;1H. The van der Waals surface area contributed by atoms with Gasteiger partial charge in [-0.15, -0.1) is 12.4 Å². The smallest absolute Gasteiger partial charge is 0.373 e. The lowest BCUT2D eigenvalue weighted by molar-refractivity contribution is -0.165. The molecular weight excluding hydrogens is 249 g/mol. The lowest BCUT2D eigenvalue weighted by Crippen LogP contribution is -2.48. The summed E-state index contributed by atoms with van der Waals surface area (Å²) in [6.07, 6.45) is -6.21. The molecule has 1 amide bonds. The highest BCUT2D eigenvalue weighted by Crippen LogP contribution is 2.21. The van der Waals surface area contributed by atoms with Crippen molar-refractivity contribution in [2.24, 2.45) is 5.73 Å². The van der Waals surface area contributed by atoms with Crippen LogP contribution < -0.4 is 5.73 Å². The van der Waals surface area contributed by atoms with Crippen molar-refractivity contribution in [2.45, 2.75) is 18.7 Å². The Hall–Kier alpha value is -0.530. The number of alkyl halides is 3. The topological polar surface area (TPSA) is 55.6 Å². The van der Waals surface area contributed by atoms with Gasteiger partial charge in [-0.25, -0.2) is 0 Å². The van der Waals surface area contributed by atoms with Crippen LogP contribution >= 0.6 is 12.4 Å². The largest absolute Gasteiger partial charge is 0.397 e. The maximum Gasteiger partial charge on any atom is 0.397 e. The van der Waals surface area contributed by atoms with E-state index in [2.05, 4.69) is 0 Å². The van der Waals surface area contributed by atoms with Crippen molar-refractivity contribution in [1.82, 2.24) is 4.90 Å². The second-order valence-electron chi connectivity index (χ2n) is 3.36. The molecule has 4 nitrogen and oxygen atoms in total. The number of carbonyl (C=O) groups excluding carboxylic acids is 1. The van der Waals surface area contributed by atoms with Crippen molar-refractivity contribution in [3.05, 3.63) is 0 Å². The van der Waals surface area contributed by atoms with E-state index in [0.717, 1.165) is 4.90 Å². The Morgan fingerprint density at radius 1 is 1.50 bits per heavy atom. The Morgan fingerprint density at radius 2 is 2.12 bits per heavy atom. The molecule has 1 unspecified atom stereocenters. The molecule has 96 valence electrons. The third-order valence-electron chi connectivity index (χ3n) is 2.11. The molecule has 1 saturated heterocycles. The summed E-state index contributed by atoms with van der Waals surface area (Å²) in [6.45, 7) is 0.790. The number of ether oxygens (including phenoxy) is 1. The van der Waals surface area contributed by atoms with Crippen LogP contribution in [0.15, 0.2) is 0 Å². The van der Waals surface area contributed by atoms with Crippen molar-refractivity contribution in [3.8, 4) is 0 Å². The molecule has 0 aromatic carbocycles. The molecule has 1 fully saturated rings. The SMILES string of the molecule is Cl.NCC1CN(C(=O)CC(F)(F)F)CCO1. The number of halogens is 4. The first-order valence-electron chi connectivity index (χ1n) is 4.58. The molecule has 1 aliphatic heterocycles. The third kappa shape index (κ3) is 5.00. The Labute approximate surface area is 97.3 Å². The maximum absolute atomic E-state index is 11.9. The van der Waals surface area contributed by atoms with Gasteiger partial charge < -0.3 is 15.4 Å². The van der Waals surface area contributed by atoms with Gasteiger partial charge in [0, 0.05) is 19.6 Å². The van der Waals surface area contributed by atoms with Crippen molar-refractivity contribution >= 4 is 18.3 Å². The fourth-order valence-corrected chi connectivity index (χ4v) is 1.37. The van der Waals surface area contributed by atoms with Gasteiger partial charge in [-0.2, -0.15) is 13.2 Å². The summed E-state index contributed by atoms with van der Waals surface area (Å²) in [6, 6.07) is 0. The molecule has 1 rings (SSSR count). The van der Waals surface area contributed by atoms with E-state index in [1.807, 2.05) is 0 Å². The molecule has 1 aliphatic rings. The predicted octanol–water partition coefficient (Wildman–Crippen LogP) is 0.547. The molecular formula is C8H14ClF3N2O2. The van der Waals surface area contributed by atoms with Gasteiger partial charge in [0.2, 0.25) is 5.91 Å². The first-order chi connectivity index (χ1) is 6.92. The van der Waals surface area contributed by atoms with Crippen LogP contribution in [0.3, 0.4) is 0 Å². The Bertz CT molecular complexity index is 238. The molecule has 1 atom stereocenters. The fourth-order valence-electron chi connectivity index (χ4n) is 1.37. The zero-order valence-electron chi connectivity index (χ0n) is 8.50. The van der Waals surface area contributed by atoms with Gasteiger partial charge in [0.15, 0.2) is 0 Å². The van der Waals surface area contributed by atoms with Crippen LogP contribution in [-0.4, -0.2) is 49.3 Å². The van der Waals surface area contributed by atoms with Crippen LogP contribution in [0.4, 0.5) is 13.2 Å². The van der Waals surface area contributed by atoms with Crippen molar-refractivity contribution in [1.29, 1.82) is 0 Å². The molecule has 1 heterocycles. The highest BCUT2D eigenvalue weighted by molar-refractivity contribution is 5.85. The summed E-state index contributed by atoms with van der Waals surface area (Å²) in [4.78, 5) is 12.3. The quantitative estimate of drug-likeness (QED) is 0.791. The molecule has 0 saturated carbocycles. The maximum atomic E-state index is 11.9. The highest BCUT2D eigenvalue weighted by atomic mass is 35.5. The van der Waals surface area contributed by atoms with Crippen LogP contribution in [0.2, 0.25) is 0 Å². The summed E-state index contributed by atoms with van der Waals surface area (Å²) in [5.74, 6) is -0.913. The number of carbonyl (C=O) groups is 1. The molecule has 0 radical (unpaired) electrons. The lowest BCUT2D eigenvalue weighted by Gasteiger charge is -2.32. The van der Waals surface area contributed by atoms with E-state index in [1.165, 1.54) is 0 Å². The molecule has 2 N–H and O–H groups in total. The minimum absolute atomic E-state index is 0. The summed E-state index contributed by atoms with van der Waals surface area (Å²) in [5, 5.41) is 0. The zero-order valence-corrected chi connectivity index (χ0v) is 9.31. The van der Waals surface area contributed by atoms with Crippen LogP contribution in [0.5, 0.6) is 0 Å². The van der Waals surface area contributed by atoms with Crippen LogP contribution in [-0.2, 0) is 9.53 Å². The second-order valence-corrected chi connectivity index (χ2v) is 3.36. The van der Waals surface area contributed by atoms with Gasteiger partial charge >= 0.3 is 6.18 Å². The molecule has 0 bridgehead atoms. The Kier molecular flexibility index (Phi) is 6.06. The number of amides is 1. The first kappa shape index (κ1) is 15.5. The molecule has 0 aromatic heterocycles. The first-order valence-corrected chi connectivity index (χ1v) is 4.58. The summed E-state index contributed by atoms with van der Waals surface area (Å²) in [5.41, 5.74) is 5.31. The Morgan fingerprint density at radius 3 is 2.62 bits per heavy atom. The average Bonchev–Trinajstić information content (AvgIpc) is 2.15. The number of hydrogen-bond donors (Lipinski definition) is 1. The average molecular weight is 263 g/mol. The van der Waals surface area contributed by atoms with Crippen molar-refractivity contribution in [2.75, 3.05) is 26.2 Å². The van der Waals surface area contributed by atoms with Gasteiger partial charge in [0.05, 0.1) is 12.7 Å². The fraction of sp³-hybridized carbons (Fsp3) is 0.875. The number of nitrogens with zero attached hydrogens (tertiary/aromatic N) is 1. The van der Waals surface area contributed by atoms with Gasteiger partial charge in [0.1, 0.15) is 6.42 Å². The van der Waals surface area contributed by atoms with Gasteiger partial charge in [-0.05, 0) is 0 Å². The van der Waals surface area contributed by atoms with E-state index in [1.54, 1.807) is 0 Å². The van der Waals surface area contributed by atoms with E-state index >= 15 is 0 Å². The second kappa shape index (κ2) is 6.27. The third-order valence-corrected chi connectivity index (χ3v) is 2.11. The van der Waals surface area contributed by atoms with Gasteiger partial charge in [-0.3, -0.25) is 4.79 Å². The lowest BCUT2D eigenvalue weighted by atomic mass is 10.2. The molecule has 0 aliphatic carbocycles. The van der Waals surface area contributed by atoms with E-state index in [9.17, 15) is 18.0 Å². The molecule has 0 spiro atoms. The summed E-state index contributed by atoms with van der Waals surface area (Å²) < 4.78 is 40.9. The van der Waals surface area contributed by atoms with Gasteiger partial charge in [-0.1, -0.05) is 0 Å². The van der Waals surface area contributed by atoms with E-state index in [0.29, 0.717) is 0 Å². The van der Waals surface area contributed by atoms with E-state index < -0.39 is 18.5 Å². The number of morpholine rings is 1. The summed E-state index contributed by atoms with van der Waals surface area (Å²) >= 11 is 0. The predicted molar refractivity (Wildman–Crippen MR) is 53.3 cm³/mol. The number of nitrogens with two attached hydrogens (primary N) is 1. The van der Waals surface area contributed by atoms with Crippen LogP contribution in [0.25, 0.3) is 0 Å².